The molecule has 2 rings (SSSR count). The van der Waals surface area contributed by atoms with E-state index >= 15 is 0 Å². The van der Waals surface area contributed by atoms with Crippen LogP contribution in [0, 0.1) is 0 Å². The standard InChI is InChI=1S/C11H10Se/c1-12-11-8-4-6-9-5-2-3-7-10(9)11/h2-8H,1H3. The van der Waals surface area contributed by atoms with Crippen LogP contribution in [0.3, 0.4) is 0 Å². The molecule has 12 heavy (non-hydrogen) atoms. The van der Waals surface area contributed by atoms with Gasteiger partial charge in [-0.25, -0.2) is 0 Å². The Morgan fingerprint density at radius 1 is 0.917 bits per heavy atom. The van der Waals surface area contributed by atoms with Gasteiger partial charge in [0.05, 0.1) is 0 Å². The molecule has 2 aromatic carbocycles. The fourth-order valence-electron chi connectivity index (χ4n) is 1.37. The van der Waals surface area contributed by atoms with E-state index in [0.717, 1.165) is 0 Å². The Hall–Kier alpha value is -0.781. The maximum atomic E-state index is 2.26. The fraction of sp³-hybridized carbons (Fsp3) is 0.0909. The summed E-state index contributed by atoms with van der Waals surface area (Å²) in [5, 5.41) is 2.78. The van der Waals surface area contributed by atoms with Gasteiger partial charge in [0.2, 0.25) is 0 Å². The SMILES string of the molecule is C[Se]c1cccc2ccccc12. The van der Waals surface area contributed by atoms with Crippen molar-refractivity contribution >= 4 is 30.2 Å². The van der Waals surface area contributed by atoms with E-state index in [4.69, 9.17) is 0 Å². The van der Waals surface area contributed by atoms with Crippen LogP contribution in [0.5, 0.6) is 0 Å². The van der Waals surface area contributed by atoms with Crippen molar-refractivity contribution in [2.75, 3.05) is 0 Å². The van der Waals surface area contributed by atoms with Gasteiger partial charge >= 0.3 is 78.5 Å². The van der Waals surface area contributed by atoms with Gasteiger partial charge in [0.15, 0.2) is 0 Å². The van der Waals surface area contributed by atoms with Gasteiger partial charge < -0.3 is 0 Å². The van der Waals surface area contributed by atoms with E-state index in [0.29, 0.717) is 15.0 Å². The van der Waals surface area contributed by atoms with E-state index in [-0.39, 0.29) is 0 Å². The Morgan fingerprint density at radius 3 is 2.50 bits per heavy atom. The monoisotopic (exact) mass is 222 g/mol. The molecule has 0 N–H and O–H groups in total. The molecule has 0 atom stereocenters. The van der Waals surface area contributed by atoms with Crippen molar-refractivity contribution in [2.24, 2.45) is 0 Å². The van der Waals surface area contributed by atoms with E-state index in [9.17, 15) is 0 Å². The van der Waals surface area contributed by atoms with Crippen LogP contribution in [0.1, 0.15) is 0 Å². The molecule has 0 spiro atoms. The molecule has 0 saturated heterocycles. The second-order valence-electron chi connectivity index (χ2n) is 2.68. The Balaban J connectivity index is 2.79. The molecular weight excluding hydrogens is 211 g/mol. The summed E-state index contributed by atoms with van der Waals surface area (Å²) in [5.74, 6) is 2.26. The van der Waals surface area contributed by atoms with Gasteiger partial charge in [0, 0.05) is 0 Å². The van der Waals surface area contributed by atoms with E-state index in [1.807, 2.05) is 0 Å². The zero-order chi connectivity index (χ0) is 8.39. The van der Waals surface area contributed by atoms with Crippen LogP contribution >= 0.6 is 0 Å². The number of rotatable bonds is 1. The van der Waals surface area contributed by atoms with Crippen molar-refractivity contribution in [3.05, 3.63) is 42.5 Å². The first-order valence-electron chi connectivity index (χ1n) is 3.93. The van der Waals surface area contributed by atoms with Gasteiger partial charge in [0.1, 0.15) is 0 Å². The van der Waals surface area contributed by atoms with Crippen LogP contribution in [0.25, 0.3) is 10.8 Å². The van der Waals surface area contributed by atoms with Gasteiger partial charge in [0.25, 0.3) is 0 Å². The van der Waals surface area contributed by atoms with Crippen molar-refractivity contribution in [3.63, 3.8) is 0 Å². The fourth-order valence-corrected chi connectivity index (χ4v) is 2.68. The third-order valence-electron chi connectivity index (χ3n) is 1.97. The van der Waals surface area contributed by atoms with Crippen LogP contribution < -0.4 is 4.46 Å². The van der Waals surface area contributed by atoms with Gasteiger partial charge in [-0.3, -0.25) is 0 Å². The summed E-state index contributed by atoms with van der Waals surface area (Å²) in [7, 11) is 0. The van der Waals surface area contributed by atoms with Gasteiger partial charge in [-0.1, -0.05) is 0 Å². The molecule has 0 aromatic heterocycles. The first kappa shape index (κ1) is 7.85. The van der Waals surface area contributed by atoms with Crippen LogP contribution in [0.4, 0.5) is 0 Å². The van der Waals surface area contributed by atoms with Gasteiger partial charge in [-0.2, -0.15) is 0 Å². The number of fused-ring (bicyclic) bond motifs is 1. The third-order valence-corrected chi connectivity index (χ3v) is 3.64. The molecule has 0 fully saturated rings. The van der Waals surface area contributed by atoms with Crippen molar-refractivity contribution in [1.29, 1.82) is 0 Å². The minimum atomic E-state index is 0.598. The second kappa shape index (κ2) is 3.30. The summed E-state index contributed by atoms with van der Waals surface area (Å²) < 4.78 is 1.50. The van der Waals surface area contributed by atoms with Crippen molar-refractivity contribution < 1.29 is 0 Å². The molecule has 0 bridgehead atoms. The normalized spacial score (nSPS) is 10.4. The van der Waals surface area contributed by atoms with E-state index in [1.165, 1.54) is 15.2 Å². The average molecular weight is 221 g/mol. The summed E-state index contributed by atoms with van der Waals surface area (Å²) >= 11 is 0.598. The zero-order valence-electron chi connectivity index (χ0n) is 6.95. The molecule has 0 heterocycles. The third kappa shape index (κ3) is 1.26. The van der Waals surface area contributed by atoms with Gasteiger partial charge in [-0.05, 0) is 0 Å². The molecule has 0 unspecified atom stereocenters. The average Bonchev–Trinajstić information content (AvgIpc) is 2.17. The summed E-state index contributed by atoms with van der Waals surface area (Å²) in [6.07, 6.45) is 0. The maximum absolute atomic E-state index is 2.26. The van der Waals surface area contributed by atoms with Crippen molar-refractivity contribution in [1.82, 2.24) is 0 Å². The Morgan fingerprint density at radius 2 is 1.67 bits per heavy atom. The molecule has 0 radical (unpaired) electrons. The van der Waals surface area contributed by atoms with Gasteiger partial charge in [-0.15, -0.1) is 0 Å². The van der Waals surface area contributed by atoms with Crippen molar-refractivity contribution in [3.8, 4) is 0 Å². The molecule has 0 aliphatic rings. The van der Waals surface area contributed by atoms with E-state index in [1.54, 1.807) is 0 Å². The molecule has 60 valence electrons. The summed E-state index contributed by atoms with van der Waals surface area (Å²) in [5.41, 5.74) is 0. The zero-order valence-corrected chi connectivity index (χ0v) is 8.66. The Bertz CT molecular complexity index is 388. The summed E-state index contributed by atoms with van der Waals surface area (Å²) in [6.45, 7) is 0. The minimum absolute atomic E-state index is 0.598. The predicted molar refractivity (Wildman–Crippen MR) is 55.2 cm³/mol. The van der Waals surface area contributed by atoms with E-state index < -0.39 is 0 Å². The molecule has 0 amide bonds. The number of hydrogen-bond donors (Lipinski definition) is 0. The number of benzene rings is 2. The van der Waals surface area contributed by atoms with E-state index in [2.05, 4.69) is 48.3 Å². The Kier molecular flexibility index (Phi) is 2.16. The molecule has 0 aliphatic heterocycles. The first-order chi connectivity index (χ1) is 5.92. The predicted octanol–water partition coefficient (Wildman–Crippen LogP) is 2.22. The summed E-state index contributed by atoms with van der Waals surface area (Å²) in [4.78, 5) is 0. The first-order valence-corrected chi connectivity index (χ1v) is 6.50. The summed E-state index contributed by atoms with van der Waals surface area (Å²) in [6, 6.07) is 15.1. The molecule has 0 aliphatic carbocycles. The van der Waals surface area contributed by atoms with Crippen LogP contribution in [-0.2, 0) is 0 Å². The molecule has 0 saturated carbocycles. The van der Waals surface area contributed by atoms with Crippen LogP contribution in [-0.4, -0.2) is 15.0 Å². The molecular formula is C11H10Se. The second-order valence-corrected chi connectivity index (χ2v) is 4.46. The van der Waals surface area contributed by atoms with Crippen molar-refractivity contribution in [2.45, 2.75) is 5.82 Å². The number of hydrogen-bond acceptors (Lipinski definition) is 0. The molecule has 0 nitrogen and oxygen atoms in total. The molecule has 1 heteroatoms. The molecule has 2 aromatic rings. The topological polar surface area (TPSA) is 0 Å². The quantitative estimate of drug-likeness (QED) is 0.648. The van der Waals surface area contributed by atoms with Crippen LogP contribution in [0.15, 0.2) is 42.5 Å². The van der Waals surface area contributed by atoms with Crippen LogP contribution in [0.2, 0.25) is 5.82 Å². The Labute approximate surface area is 78.8 Å².